The highest BCUT2D eigenvalue weighted by molar-refractivity contribution is 6.12. The van der Waals surface area contributed by atoms with E-state index in [1.165, 1.54) is 49.6 Å². The molecule has 1 unspecified atom stereocenters. The van der Waals surface area contributed by atoms with Crippen LogP contribution in [0.4, 0.5) is 5.69 Å². The Hall–Kier alpha value is -3.56. The Kier molecular flexibility index (Phi) is 12.5. The van der Waals surface area contributed by atoms with Gasteiger partial charge in [-0.1, -0.05) is 76.3 Å². The molecule has 2 heterocycles. The first-order valence-electron chi connectivity index (χ1n) is 16.2. The van der Waals surface area contributed by atoms with Crippen molar-refractivity contribution in [2.75, 3.05) is 25.1 Å². The number of unbranched alkanes of at least 4 members (excludes halogenated alkanes) is 9. The zero-order chi connectivity index (χ0) is 31.4. The zero-order valence-corrected chi connectivity index (χ0v) is 26.4. The maximum Gasteiger partial charge on any atom is 0.338 e. The Bertz CT molecular complexity index is 1380. The highest BCUT2D eigenvalue weighted by Crippen LogP contribution is 2.29. The summed E-state index contributed by atoms with van der Waals surface area (Å²) in [5.41, 5.74) is 2.51. The molecule has 44 heavy (non-hydrogen) atoms. The predicted octanol–water partition coefficient (Wildman–Crippen LogP) is 7.32. The molecule has 4 rings (SSSR count). The third-order valence-electron chi connectivity index (χ3n) is 8.10. The summed E-state index contributed by atoms with van der Waals surface area (Å²) >= 11 is 0. The number of Topliss-reactive ketones (excluding diaryl/α,β-unsaturated/α-hetero) is 1. The van der Waals surface area contributed by atoms with Crippen molar-refractivity contribution in [2.45, 2.75) is 103 Å². The van der Waals surface area contributed by atoms with Gasteiger partial charge in [0, 0.05) is 11.1 Å². The first-order valence-corrected chi connectivity index (χ1v) is 16.2. The van der Waals surface area contributed by atoms with Crippen molar-refractivity contribution in [3.05, 3.63) is 59.8 Å². The minimum absolute atomic E-state index is 0.354. The molecule has 0 bridgehead atoms. The molecule has 238 valence electrons. The maximum absolute atomic E-state index is 13.8. The number of nitrogens with zero attached hydrogens (tertiary/aromatic N) is 2. The molecule has 1 amide bonds. The van der Waals surface area contributed by atoms with E-state index >= 15 is 0 Å². The molecular formula is C35H47N3O6. The number of hydrogen-bond donors (Lipinski definition) is 1. The van der Waals surface area contributed by atoms with Gasteiger partial charge in [-0.3, -0.25) is 9.59 Å². The summed E-state index contributed by atoms with van der Waals surface area (Å²) < 4.78 is 18.3. The minimum atomic E-state index is -1.58. The molecule has 1 atom stereocenters. The van der Waals surface area contributed by atoms with Gasteiger partial charge in [0.05, 0.1) is 37.1 Å². The largest absolute Gasteiger partial charge is 0.462 e. The minimum Gasteiger partial charge on any atom is -0.462 e. The van der Waals surface area contributed by atoms with Gasteiger partial charge in [-0.05, 0) is 63.1 Å². The fraction of sp³-hybridized carbons (Fsp3) is 0.543. The van der Waals surface area contributed by atoms with Crippen molar-refractivity contribution in [2.24, 2.45) is 0 Å². The Morgan fingerprint density at radius 1 is 0.932 bits per heavy atom. The van der Waals surface area contributed by atoms with Crippen molar-refractivity contribution in [3.63, 3.8) is 0 Å². The van der Waals surface area contributed by atoms with Gasteiger partial charge in [-0.25, -0.2) is 9.48 Å². The maximum atomic E-state index is 13.8. The number of anilines is 1. The normalized spacial score (nSPS) is 15.2. The van der Waals surface area contributed by atoms with E-state index in [1.54, 1.807) is 37.4 Å². The van der Waals surface area contributed by atoms with Crippen LogP contribution >= 0.6 is 0 Å². The molecule has 9 nitrogen and oxygen atoms in total. The first-order chi connectivity index (χ1) is 21.3. The number of amides is 1. The Morgan fingerprint density at radius 2 is 1.57 bits per heavy atom. The fourth-order valence-electron chi connectivity index (χ4n) is 5.48. The van der Waals surface area contributed by atoms with E-state index in [4.69, 9.17) is 14.2 Å². The monoisotopic (exact) mass is 605 g/mol. The lowest BCUT2D eigenvalue weighted by Gasteiger charge is -2.34. The number of fused-ring (bicyclic) bond motifs is 1. The number of rotatable bonds is 17. The molecule has 9 heteroatoms. The van der Waals surface area contributed by atoms with Crippen LogP contribution < -0.4 is 5.32 Å². The van der Waals surface area contributed by atoms with Gasteiger partial charge in [-0.2, -0.15) is 5.10 Å². The number of carbonyl (C=O) groups is 3. The molecule has 0 aliphatic carbocycles. The fourth-order valence-corrected chi connectivity index (χ4v) is 5.48. The lowest BCUT2D eigenvalue weighted by Crippen LogP contribution is -2.51. The molecule has 3 aromatic rings. The van der Waals surface area contributed by atoms with E-state index in [1.807, 2.05) is 25.1 Å². The van der Waals surface area contributed by atoms with E-state index in [9.17, 15) is 14.4 Å². The van der Waals surface area contributed by atoms with Crippen LogP contribution in [0.1, 0.15) is 106 Å². The lowest BCUT2D eigenvalue weighted by atomic mass is 10.0. The Balaban J connectivity index is 1.32. The number of ether oxygens (including phenoxy) is 3. The quantitative estimate of drug-likeness (QED) is 0.0975. The second-order valence-corrected chi connectivity index (χ2v) is 11.8. The van der Waals surface area contributed by atoms with Crippen LogP contribution in [0.5, 0.6) is 0 Å². The van der Waals surface area contributed by atoms with Gasteiger partial charge in [-0.15, -0.1) is 0 Å². The van der Waals surface area contributed by atoms with Gasteiger partial charge in [0.1, 0.15) is 0 Å². The summed E-state index contributed by atoms with van der Waals surface area (Å²) in [5, 5.41) is 8.04. The molecule has 1 fully saturated rings. The molecule has 1 aromatic heterocycles. The van der Waals surface area contributed by atoms with E-state index in [2.05, 4.69) is 17.3 Å². The standard InChI is InChI=1S/C35H47N3O6/c1-4-5-6-7-8-9-10-11-12-13-21-42-34(41)27-16-18-29(19-17-27)37-33(40)31(32(39)35(3)43-22-14-23-44-35)38-30-20-15-26(2)24-28(30)25-36-38/h15-20,24-25,31H,4-14,21-23H2,1-3H3,(H,37,40). The number of carbonyl (C=O) groups excluding carboxylic acids is 3. The lowest BCUT2D eigenvalue weighted by molar-refractivity contribution is -0.245. The summed E-state index contributed by atoms with van der Waals surface area (Å²) in [4.78, 5) is 40.1. The summed E-state index contributed by atoms with van der Waals surface area (Å²) in [7, 11) is 0. The molecule has 0 radical (unpaired) electrons. The average molecular weight is 606 g/mol. The topological polar surface area (TPSA) is 109 Å². The third kappa shape index (κ3) is 8.99. The van der Waals surface area contributed by atoms with E-state index in [0.717, 1.165) is 30.2 Å². The van der Waals surface area contributed by atoms with Crippen LogP contribution in [0.2, 0.25) is 0 Å². The van der Waals surface area contributed by atoms with Crippen LogP contribution in [0.25, 0.3) is 10.9 Å². The van der Waals surface area contributed by atoms with Crippen LogP contribution in [-0.4, -0.2) is 53.0 Å². The molecule has 1 N–H and O–H groups in total. The highest BCUT2D eigenvalue weighted by atomic mass is 16.7. The summed E-state index contributed by atoms with van der Waals surface area (Å²) in [6.07, 6.45) is 14.5. The number of benzene rings is 2. The number of aryl methyl sites for hydroxylation is 1. The molecule has 1 aliphatic rings. The van der Waals surface area contributed by atoms with Crippen LogP contribution in [-0.2, 0) is 23.8 Å². The molecule has 0 spiro atoms. The van der Waals surface area contributed by atoms with Crippen LogP contribution in [0.3, 0.4) is 0 Å². The molecule has 1 saturated heterocycles. The van der Waals surface area contributed by atoms with Gasteiger partial charge >= 0.3 is 5.97 Å². The van der Waals surface area contributed by atoms with Crippen molar-refractivity contribution < 1.29 is 28.6 Å². The smallest absolute Gasteiger partial charge is 0.338 e. The second kappa shape index (κ2) is 16.5. The predicted molar refractivity (Wildman–Crippen MR) is 171 cm³/mol. The van der Waals surface area contributed by atoms with Gasteiger partial charge in [0.25, 0.3) is 5.91 Å². The molecule has 1 aliphatic heterocycles. The summed E-state index contributed by atoms with van der Waals surface area (Å²) in [5.74, 6) is -3.11. The molecule has 0 saturated carbocycles. The van der Waals surface area contributed by atoms with Gasteiger partial charge in [0.15, 0.2) is 6.04 Å². The number of ketones is 1. The Morgan fingerprint density at radius 3 is 2.23 bits per heavy atom. The number of hydrogen-bond acceptors (Lipinski definition) is 7. The van der Waals surface area contributed by atoms with E-state index < -0.39 is 29.5 Å². The first kappa shape index (κ1) is 33.3. The van der Waals surface area contributed by atoms with E-state index in [0.29, 0.717) is 43.0 Å². The van der Waals surface area contributed by atoms with Gasteiger partial charge in [0.2, 0.25) is 11.6 Å². The summed E-state index contributed by atoms with van der Waals surface area (Å²) in [6.45, 7) is 6.84. The molecule has 2 aromatic carbocycles. The number of aromatic nitrogens is 2. The average Bonchev–Trinajstić information content (AvgIpc) is 3.43. The summed E-state index contributed by atoms with van der Waals surface area (Å²) in [6, 6.07) is 10.8. The van der Waals surface area contributed by atoms with Crippen molar-refractivity contribution in [1.29, 1.82) is 0 Å². The van der Waals surface area contributed by atoms with Gasteiger partial charge < -0.3 is 19.5 Å². The number of nitrogens with one attached hydrogen (secondary N) is 1. The number of esters is 1. The second-order valence-electron chi connectivity index (χ2n) is 11.8. The zero-order valence-electron chi connectivity index (χ0n) is 26.4. The highest BCUT2D eigenvalue weighted by Gasteiger charge is 2.46. The van der Waals surface area contributed by atoms with Crippen molar-refractivity contribution in [1.82, 2.24) is 9.78 Å². The van der Waals surface area contributed by atoms with E-state index in [-0.39, 0.29) is 0 Å². The molecular weight excluding hydrogens is 558 g/mol. The van der Waals surface area contributed by atoms with Crippen molar-refractivity contribution >= 4 is 34.3 Å². The Labute approximate surface area is 260 Å². The third-order valence-corrected chi connectivity index (χ3v) is 8.10. The van der Waals surface area contributed by atoms with Crippen LogP contribution in [0.15, 0.2) is 48.7 Å². The van der Waals surface area contributed by atoms with Crippen LogP contribution in [0, 0.1) is 6.92 Å². The SMILES string of the molecule is CCCCCCCCCCCCOC(=O)c1ccc(NC(=O)C(C(=O)C2(C)OCCCO2)n2ncc3cc(C)ccc32)cc1. The van der Waals surface area contributed by atoms with Crippen molar-refractivity contribution in [3.8, 4) is 0 Å².